The van der Waals surface area contributed by atoms with E-state index in [-0.39, 0.29) is 23.3 Å². The number of rotatable bonds is 6. The van der Waals surface area contributed by atoms with Gasteiger partial charge in [0.2, 0.25) is 0 Å². The van der Waals surface area contributed by atoms with Crippen molar-refractivity contribution in [1.29, 1.82) is 0 Å². The smallest absolute Gasteiger partial charge is 0.273 e. The first-order valence-electron chi connectivity index (χ1n) is 10.1. The molecule has 1 aliphatic rings. The molecule has 0 spiro atoms. The number of aromatic nitrogens is 2. The first-order valence-corrected chi connectivity index (χ1v) is 10.1. The van der Waals surface area contributed by atoms with Crippen molar-refractivity contribution in [2.75, 3.05) is 11.9 Å². The Hall–Kier alpha value is -3.28. The SMILES string of the molecule is CCc1ccc(C(=O)Nc2nccnc2C(=O)NCC2CCC2)c2ccccc12. The molecule has 29 heavy (non-hydrogen) atoms. The highest BCUT2D eigenvalue weighted by atomic mass is 16.2. The average molecular weight is 388 g/mol. The van der Waals surface area contributed by atoms with E-state index in [1.165, 1.54) is 24.4 Å². The summed E-state index contributed by atoms with van der Waals surface area (Å²) in [6, 6.07) is 11.6. The summed E-state index contributed by atoms with van der Waals surface area (Å²) in [7, 11) is 0. The van der Waals surface area contributed by atoms with Gasteiger partial charge in [0, 0.05) is 24.5 Å². The first kappa shape index (κ1) is 19.1. The van der Waals surface area contributed by atoms with Gasteiger partial charge in [-0.15, -0.1) is 0 Å². The molecular formula is C23H24N4O2. The van der Waals surface area contributed by atoms with Crippen molar-refractivity contribution in [3.05, 3.63) is 65.6 Å². The van der Waals surface area contributed by atoms with Crippen LogP contribution >= 0.6 is 0 Å². The molecule has 3 aromatic rings. The number of hydrogen-bond acceptors (Lipinski definition) is 4. The molecule has 2 N–H and O–H groups in total. The minimum Gasteiger partial charge on any atom is -0.350 e. The molecule has 4 rings (SSSR count). The second-order valence-corrected chi connectivity index (χ2v) is 7.39. The van der Waals surface area contributed by atoms with Crippen molar-refractivity contribution in [2.24, 2.45) is 5.92 Å². The maximum atomic E-state index is 13.0. The molecule has 1 fully saturated rings. The zero-order valence-corrected chi connectivity index (χ0v) is 16.4. The number of anilines is 1. The van der Waals surface area contributed by atoms with Gasteiger partial charge in [-0.25, -0.2) is 9.97 Å². The normalized spacial score (nSPS) is 13.7. The quantitative estimate of drug-likeness (QED) is 0.669. The number of amides is 2. The summed E-state index contributed by atoms with van der Waals surface area (Å²) in [4.78, 5) is 33.9. The molecule has 0 unspecified atom stereocenters. The first-order chi connectivity index (χ1) is 14.2. The topological polar surface area (TPSA) is 84.0 Å². The molecule has 2 amide bonds. The van der Waals surface area contributed by atoms with E-state index in [9.17, 15) is 9.59 Å². The molecule has 1 saturated carbocycles. The summed E-state index contributed by atoms with van der Waals surface area (Å²) in [5, 5.41) is 7.62. The van der Waals surface area contributed by atoms with E-state index in [0.29, 0.717) is 18.0 Å². The van der Waals surface area contributed by atoms with Crippen LogP contribution in [0.2, 0.25) is 0 Å². The number of nitrogens with zero attached hydrogens (tertiary/aromatic N) is 2. The molecule has 1 aliphatic carbocycles. The minimum absolute atomic E-state index is 0.134. The van der Waals surface area contributed by atoms with Gasteiger partial charge >= 0.3 is 0 Å². The number of benzene rings is 2. The summed E-state index contributed by atoms with van der Waals surface area (Å²) in [5.74, 6) is 0.0910. The van der Waals surface area contributed by atoms with Crippen LogP contribution in [0.15, 0.2) is 48.8 Å². The fraction of sp³-hybridized carbons (Fsp3) is 0.304. The third-order valence-corrected chi connectivity index (χ3v) is 5.56. The lowest BCUT2D eigenvalue weighted by Crippen LogP contribution is -2.33. The average Bonchev–Trinajstić information content (AvgIpc) is 2.72. The lowest BCUT2D eigenvalue weighted by molar-refractivity contribution is 0.0934. The number of nitrogens with one attached hydrogen (secondary N) is 2. The predicted octanol–water partition coefficient (Wildman–Crippen LogP) is 3.97. The summed E-state index contributed by atoms with van der Waals surface area (Å²) < 4.78 is 0. The van der Waals surface area contributed by atoms with Crippen LogP contribution < -0.4 is 10.6 Å². The Bertz CT molecular complexity index is 1060. The molecule has 0 atom stereocenters. The van der Waals surface area contributed by atoms with Gasteiger partial charge in [0.05, 0.1) is 0 Å². The van der Waals surface area contributed by atoms with Crippen LogP contribution in [-0.4, -0.2) is 28.3 Å². The Morgan fingerprint density at radius 1 is 1.00 bits per heavy atom. The molecule has 2 aromatic carbocycles. The Kier molecular flexibility index (Phi) is 5.51. The standard InChI is InChI=1S/C23H24N4O2/c1-2-16-10-11-19(18-9-4-3-8-17(16)18)22(28)27-21-20(24-12-13-25-21)23(29)26-14-15-6-5-7-15/h3-4,8-13,15H,2,5-7,14H2,1H3,(H,26,29)(H,25,27,28). The monoisotopic (exact) mass is 388 g/mol. The zero-order valence-electron chi connectivity index (χ0n) is 16.4. The highest BCUT2D eigenvalue weighted by Crippen LogP contribution is 2.26. The largest absolute Gasteiger partial charge is 0.350 e. The lowest BCUT2D eigenvalue weighted by Gasteiger charge is -2.25. The summed E-state index contributed by atoms with van der Waals surface area (Å²) in [6.45, 7) is 2.72. The Morgan fingerprint density at radius 2 is 1.76 bits per heavy atom. The van der Waals surface area contributed by atoms with Gasteiger partial charge in [0.25, 0.3) is 11.8 Å². The third kappa shape index (κ3) is 3.97. The fourth-order valence-corrected chi connectivity index (χ4v) is 3.66. The van der Waals surface area contributed by atoms with E-state index >= 15 is 0 Å². The van der Waals surface area contributed by atoms with Crippen LogP contribution in [0.1, 0.15) is 52.6 Å². The maximum absolute atomic E-state index is 13.0. The van der Waals surface area contributed by atoms with E-state index in [1.54, 1.807) is 0 Å². The molecule has 0 bridgehead atoms. The minimum atomic E-state index is -0.313. The molecular weight excluding hydrogens is 364 g/mol. The summed E-state index contributed by atoms with van der Waals surface area (Å²) in [5.41, 5.74) is 1.87. The Balaban J connectivity index is 1.58. The predicted molar refractivity (Wildman–Crippen MR) is 113 cm³/mol. The molecule has 6 heteroatoms. The van der Waals surface area contributed by atoms with Gasteiger partial charge in [-0.2, -0.15) is 0 Å². The number of hydrogen-bond donors (Lipinski definition) is 2. The van der Waals surface area contributed by atoms with Crippen LogP contribution in [0.5, 0.6) is 0 Å². The highest BCUT2D eigenvalue weighted by molar-refractivity contribution is 6.14. The van der Waals surface area contributed by atoms with Gasteiger partial charge in [0.1, 0.15) is 0 Å². The van der Waals surface area contributed by atoms with E-state index < -0.39 is 0 Å². The Labute approximate surface area is 169 Å². The second kappa shape index (κ2) is 8.39. The molecule has 0 saturated heterocycles. The number of carbonyl (C=O) groups is 2. The van der Waals surface area contributed by atoms with Gasteiger partial charge in [-0.1, -0.05) is 43.7 Å². The highest BCUT2D eigenvalue weighted by Gasteiger charge is 2.21. The van der Waals surface area contributed by atoms with Crippen molar-refractivity contribution in [2.45, 2.75) is 32.6 Å². The van der Waals surface area contributed by atoms with E-state index in [2.05, 4.69) is 27.5 Å². The second-order valence-electron chi connectivity index (χ2n) is 7.39. The van der Waals surface area contributed by atoms with Gasteiger partial charge in [0.15, 0.2) is 11.5 Å². The van der Waals surface area contributed by atoms with Crippen LogP contribution in [-0.2, 0) is 6.42 Å². The van der Waals surface area contributed by atoms with E-state index in [1.807, 2.05) is 36.4 Å². The Morgan fingerprint density at radius 3 is 2.48 bits per heavy atom. The molecule has 148 valence electrons. The summed E-state index contributed by atoms with van der Waals surface area (Å²) in [6.07, 6.45) is 7.32. The maximum Gasteiger partial charge on any atom is 0.273 e. The lowest BCUT2D eigenvalue weighted by atomic mass is 9.85. The summed E-state index contributed by atoms with van der Waals surface area (Å²) >= 11 is 0. The fourth-order valence-electron chi connectivity index (χ4n) is 3.66. The van der Waals surface area contributed by atoms with E-state index in [0.717, 1.165) is 30.0 Å². The van der Waals surface area contributed by atoms with Crippen molar-refractivity contribution in [3.8, 4) is 0 Å². The number of carbonyl (C=O) groups excluding carboxylic acids is 2. The third-order valence-electron chi connectivity index (χ3n) is 5.56. The zero-order chi connectivity index (χ0) is 20.2. The number of fused-ring (bicyclic) bond motifs is 1. The van der Waals surface area contributed by atoms with Crippen molar-refractivity contribution >= 4 is 28.4 Å². The van der Waals surface area contributed by atoms with Crippen LogP contribution in [0.3, 0.4) is 0 Å². The van der Waals surface area contributed by atoms with Crippen molar-refractivity contribution < 1.29 is 9.59 Å². The molecule has 0 aliphatic heterocycles. The molecule has 6 nitrogen and oxygen atoms in total. The van der Waals surface area contributed by atoms with Gasteiger partial charge in [-0.3, -0.25) is 9.59 Å². The molecule has 1 heterocycles. The van der Waals surface area contributed by atoms with Crippen molar-refractivity contribution in [3.63, 3.8) is 0 Å². The number of aryl methyl sites for hydroxylation is 1. The molecule has 0 radical (unpaired) electrons. The van der Waals surface area contributed by atoms with Gasteiger partial charge < -0.3 is 10.6 Å². The van der Waals surface area contributed by atoms with Crippen LogP contribution in [0.25, 0.3) is 10.8 Å². The van der Waals surface area contributed by atoms with Gasteiger partial charge in [-0.05, 0) is 47.6 Å². The van der Waals surface area contributed by atoms with Crippen molar-refractivity contribution in [1.82, 2.24) is 15.3 Å². The molecule has 1 aromatic heterocycles. The van der Waals surface area contributed by atoms with Crippen LogP contribution in [0.4, 0.5) is 5.82 Å². The van der Waals surface area contributed by atoms with E-state index in [4.69, 9.17) is 0 Å². The van der Waals surface area contributed by atoms with Crippen LogP contribution in [0, 0.1) is 5.92 Å².